The van der Waals surface area contributed by atoms with Gasteiger partial charge in [-0.3, -0.25) is 0 Å². The van der Waals surface area contributed by atoms with Crippen molar-refractivity contribution >= 4 is 0 Å². The van der Waals surface area contributed by atoms with Gasteiger partial charge in [0.1, 0.15) is 0 Å². The van der Waals surface area contributed by atoms with Crippen LogP contribution in [0.5, 0.6) is 0 Å². The molecule has 0 aromatic rings. The number of fused-ring (bicyclic) bond motifs is 1. The quantitative estimate of drug-likeness (QED) is 0.473. The van der Waals surface area contributed by atoms with Gasteiger partial charge in [0.25, 0.3) is 0 Å². The van der Waals surface area contributed by atoms with Gasteiger partial charge < -0.3 is 0 Å². The molecule has 2 saturated carbocycles. The molecule has 0 saturated heterocycles. The van der Waals surface area contributed by atoms with Crippen molar-refractivity contribution in [2.45, 2.75) is 73.6 Å². The Morgan fingerprint density at radius 2 is 1.72 bits per heavy atom. The van der Waals surface area contributed by atoms with Gasteiger partial charge in [-0.1, -0.05) is 60.1 Å². The first-order valence-corrected chi connectivity index (χ1v) is 7.77. The van der Waals surface area contributed by atoms with Gasteiger partial charge in [-0.15, -0.1) is 0 Å². The second kappa shape index (κ2) is 4.12. The van der Waals surface area contributed by atoms with Crippen LogP contribution in [0.25, 0.3) is 0 Å². The van der Waals surface area contributed by atoms with Crippen LogP contribution >= 0.6 is 0 Å². The Morgan fingerprint density at radius 3 is 2.28 bits per heavy atom. The molecule has 0 radical (unpaired) electrons. The zero-order valence-corrected chi connectivity index (χ0v) is 13.4. The second-order valence-electron chi connectivity index (χ2n) is 8.90. The minimum atomic E-state index is 0.359. The van der Waals surface area contributed by atoms with E-state index in [4.69, 9.17) is 0 Å². The number of rotatable bonds is 0. The van der Waals surface area contributed by atoms with E-state index >= 15 is 0 Å². The normalized spacial score (nSPS) is 40.4. The molecule has 0 heteroatoms. The zero-order valence-electron chi connectivity index (χ0n) is 13.4. The summed E-state index contributed by atoms with van der Waals surface area (Å²) >= 11 is 0. The van der Waals surface area contributed by atoms with Crippen molar-refractivity contribution in [1.82, 2.24) is 0 Å². The van der Waals surface area contributed by atoms with Gasteiger partial charge in [0.05, 0.1) is 0 Å². The average Bonchev–Trinajstić information content (AvgIpc) is 2.12. The molecule has 2 aliphatic rings. The van der Waals surface area contributed by atoms with Gasteiger partial charge in [-0.05, 0) is 53.8 Å². The highest BCUT2D eigenvalue weighted by atomic mass is 14.6. The largest absolute Gasteiger partial charge is 0.0995 e. The number of hydrogen-bond acceptors (Lipinski definition) is 0. The van der Waals surface area contributed by atoms with E-state index in [0.29, 0.717) is 22.2 Å². The van der Waals surface area contributed by atoms with E-state index in [-0.39, 0.29) is 0 Å². The lowest BCUT2D eigenvalue weighted by molar-refractivity contribution is -0.0821. The van der Waals surface area contributed by atoms with E-state index in [1.165, 1.54) is 37.7 Å². The second-order valence-corrected chi connectivity index (χ2v) is 8.90. The maximum absolute atomic E-state index is 4.45. The van der Waals surface area contributed by atoms with E-state index in [1.807, 2.05) is 0 Å². The Hall–Kier alpha value is -0.260. The molecule has 0 bridgehead atoms. The van der Waals surface area contributed by atoms with Crippen LogP contribution in [0.4, 0.5) is 0 Å². The fourth-order valence-corrected chi connectivity index (χ4v) is 5.77. The van der Waals surface area contributed by atoms with Crippen LogP contribution in [0.15, 0.2) is 12.2 Å². The summed E-state index contributed by atoms with van der Waals surface area (Å²) in [5.41, 5.74) is 2.89. The van der Waals surface area contributed by atoms with Gasteiger partial charge in [-0.2, -0.15) is 0 Å². The van der Waals surface area contributed by atoms with Crippen molar-refractivity contribution in [1.29, 1.82) is 0 Å². The van der Waals surface area contributed by atoms with Crippen molar-refractivity contribution in [2.24, 2.45) is 28.1 Å². The standard InChI is InChI=1S/C18H32/c1-13-9-10-14-17(5,6)11-8-12-18(14,7)15(13)16(2,3)4/h14-15H,1,8-12H2,2-7H3/t14-,15+,18-/m0/s1. The number of hydrogen-bond donors (Lipinski definition) is 0. The summed E-state index contributed by atoms with van der Waals surface area (Å²) < 4.78 is 0. The van der Waals surface area contributed by atoms with Crippen LogP contribution in [-0.4, -0.2) is 0 Å². The molecule has 104 valence electrons. The molecule has 2 rings (SSSR count). The van der Waals surface area contributed by atoms with E-state index in [2.05, 4.69) is 48.1 Å². The fourth-order valence-electron chi connectivity index (χ4n) is 5.77. The molecule has 0 heterocycles. The van der Waals surface area contributed by atoms with Crippen LogP contribution < -0.4 is 0 Å². The molecule has 0 aliphatic heterocycles. The van der Waals surface area contributed by atoms with Crippen LogP contribution in [0, 0.1) is 28.1 Å². The third-order valence-corrected chi connectivity index (χ3v) is 5.96. The SMILES string of the molecule is C=C1CC[C@H]2C(C)(C)CCC[C@]2(C)[C@H]1C(C)(C)C. The van der Waals surface area contributed by atoms with Crippen LogP contribution in [0.1, 0.15) is 73.6 Å². The lowest BCUT2D eigenvalue weighted by atomic mass is 9.44. The first-order valence-electron chi connectivity index (χ1n) is 7.77. The Balaban J connectivity index is 2.44. The van der Waals surface area contributed by atoms with E-state index < -0.39 is 0 Å². The van der Waals surface area contributed by atoms with Crippen molar-refractivity contribution in [3.8, 4) is 0 Å². The summed E-state index contributed by atoms with van der Waals surface area (Å²) in [5, 5.41) is 0. The van der Waals surface area contributed by atoms with E-state index in [0.717, 1.165) is 5.92 Å². The molecule has 3 atom stereocenters. The summed E-state index contributed by atoms with van der Waals surface area (Å²) in [6.45, 7) is 19.3. The molecule has 2 fully saturated rings. The first kappa shape index (κ1) is 14.2. The molecular weight excluding hydrogens is 216 g/mol. The van der Waals surface area contributed by atoms with Crippen LogP contribution in [0.2, 0.25) is 0 Å². The van der Waals surface area contributed by atoms with Crippen molar-refractivity contribution in [2.75, 3.05) is 0 Å². The van der Waals surface area contributed by atoms with Crippen LogP contribution in [0.3, 0.4) is 0 Å². The smallest absolute Gasteiger partial charge is 0.0100 e. The van der Waals surface area contributed by atoms with Gasteiger partial charge in [0.2, 0.25) is 0 Å². The monoisotopic (exact) mass is 248 g/mol. The van der Waals surface area contributed by atoms with Crippen molar-refractivity contribution in [3.63, 3.8) is 0 Å². The first-order chi connectivity index (χ1) is 8.09. The Morgan fingerprint density at radius 1 is 1.11 bits per heavy atom. The Kier molecular flexibility index (Phi) is 3.24. The lowest BCUT2D eigenvalue weighted by Crippen LogP contribution is -2.52. The molecule has 0 unspecified atom stereocenters. The topological polar surface area (TPSA) is 0 Å². The summed E-state index contributed by atoms with van der Waals surface area (Å²) in [6, 6.07) is 0. The predicted molar refractivity (Wildman–Crippen MR) is 80.5 cm³/mol. The molecule has 0 amide bonds. The average molecular weight is 248 g/mol. The minimum Gasteiger partial charge on any atom is -0.0995 e. The molecule has 0 aromatic heterocycles. The lowest BCUT2D eigenvalue weighted by Gasteiger charge is -2.61. The van der Waals surface area contributed by atoms with Gasteiger partial charge in [0, 0.05) is 0 Å². The van der Waals surface area contributed by atoms with E-state index in [1.54, 1.807) is 0 Å². The summed E-state index contributed by atoms with van der Waals surface area (Å²) in [4.78, 5) is 0. The molecule has 0 N–H and O–H groups in total. The zero-order chi connectivity index (χ0) is 13.8. The highest BCUT2D eigenvalue weighted by Crippen LogP contribution is 2.64. The molecule has 2 aliphatic carbocycles. The third-order valence-electron chi connectivity index (χ3n) is 5.96. The molecular formula is C18H32. The highest BCUT2D eigenvalue weighted by molar-refractivity contribution is 5.18. The fraction of sp³-hybridized carbons (Fsp3) is 0.889. The van der Waals surface area contributed by atoms with Crippen LogP contribution in [-0.2, 0) is 0 Å². The third kappa shape index (κ3) is 2.06. The Labute approximate surface area is 114 Å². The van der Waals surface area contributed by atoms with Gasteiger partial charge in [0.15, 0.2) is 0 Å². The molecule has 18 heavy (non-hydrogen) atoms. The molecule has 0 nitrogen and oxygen atoms in total. The Bertz CT molecular complexity index is 342. The maximum atomic E-state index is 4.45. The van der Waals surface area contributed by atoms with Crippen molar-refractivity contribution < 1.29 is 0 Å². The molecule has 0 aromatic carbocycles. The van der Waals surface area contributed by atoms with Crippen molar-refractivity contribution in [3.05, 3.63) is 12.2 Å². The van der Waals surface area contributed by atoms with Gasteiger partial charge >= 0.3 is 0 Å². The molecule has 0 spiro atoms. The van der Waals surface area contributed by atoms with Gasteiger partial charge in [-0.25, -0.2) is 0 Å². The van der Waals surface area contributed by atoms with E-state index in [9.17, 15) is 0 Å². The minimum absolute atomic E-state index is 0.359. The summed E-state index contributed by atoms with van der Waals surface area (Å²) in [5.74, 6) is 1.58. The maximum Gasteiger partial charge on any atom is -0.0100 e. The predicted octanol–water partition coefficient (Wildman–Crippen LogP) is 5.83. The summed E-state index contributed by atoms with van der Waals surface area (Å²) in [6.07, 6.45) is 6.85. The highest BCUT2D eigenvalue weighted by Gasteiger charge is 2.55. The number of allylic oxidation sites excluding steroid dienone is 1. The summed E-state index contributed by atoms with van der Waals surface area (Å²) in [7, 11) is 0.